The number of nitrogens with zero attached hydrogens (tertiary/aromatic N) is 2. The van der Waals surface area contributed by atoms with Crippen molar-refractivity contribution in [2.45, 2.75) is 30.6 Å². The summed E-state index contributed by atoms with van der Waals surface area (Å²) in [5.41, 5.74) is 3.24. The molecule has 1 aromatic carbocycles. The van der Waals surface area contributed by atoms with Gasteiger partial charge >= 0.3 is 0 Å². The van der Waals surface area contributed by atoms with Crippen molar-refractivity contribution in [3.63, 3.8) is 0 Å². The van der Waals surface area contributed by atoms with E-state index in [1.165, 1.54) is 30.7 Å². The van der Waals surface area contributed by atoms with Crippen LogP contribution in [0.1, 0.15) is 36.0 Å². The van der Waals surface area contributed by atoms with E-state index in [1.54, 1.807) is 0 Å². The van der Waals surface area contributed by atoms with Crippen molar-refractivity contribution in [1.82, 2.24) is 15.2 Å². The number of hydrazine groups is 1. The number of hydrogen-bond donors (Lipinski definition) is 2. The molecule has 0 spiro atoms. The highest BCUT2D eigenvalue weighted by molar-refractivity contribution is 7.89. The third-order valence-electron chi connectivity index (χ3n) is 3.57. The Kier molecular flexibility index (Phi) is 6.10. The first-order valence-corrected chi connectivity index (χ1v) is 9.04. The lowest BCUT2D eigenvalue weighted by Crippen LogP contribution is -2.45. The molecule has 0 aromatic heterocycles. The van der Waals surface area contributed by atoms with Crippen molar-refractivity contribution < 1.29 is 13.2 Å². The fourth-order valence-corrected chi connectivity index (χ4v) is 3.36. The van der Waals surface area contributed by atoms with E-state index in [0.717, 1.165) is 25.9 Å². The first-order chi connectivity index (χ1) is 11.0. The minimum Gasteiger partial charge on any atom is -0.285 e. The maximum Gasteiger partial charge on any atom is 0.265 e. The number of amides is 1. The van der Waals surface area contributed by atoms with Gasteiger partial charge in [-0.25, -0.2) is 18.1 Å². The van der Waals surface area contributed by atoms with Crippen LogP contribution in [0.15, 0.2) is 29.2 Å². The number of rotatable bonds is 6. The number of hydrogen-bond acceptors (Lipinski definition) is 5. The molecule has 0 saturated carbocycles. The lowest BCUT2D eigenvalue weighted by molar-refractivity contribution is 0.0750. The number of carbonyl (C=O) groups is 1. The topological polar surface area (TPSA) is 102 Å². The monoisotopic (exact) mass is 336 g/mol. The van der Waals surface area contributed by atoms with Gasteiger partial charge < -0.3 is 0 Å². The molecule has 0 bridgehead atoms. The van der Waals surface area contributed by atoms with Crippen molar-refractivity contribution in [3.05, 3.63) is 29.8 Å². The van der Waals surface area contributed by atoms with Crippen LogP contribution in [0.3, 0.4) is 0 Å². The average Bonchev–Trinajstić information content (AvgIpc) is 2.56. The number of piperidine rings is 1. The zero-order valence-electron chi connectivity index (χ0n) is 12.8. The summed E-state index contributed by atoms with van der Waals surface area (Å²) < 4.78 is 26.3. The van der Waals surface area contributed by atoms with E-state index in [1.807, 2.05) is 11.1 Å². The molecule has 1 heterocycles. The first kappa shape index (κ1) is 17.4. The number of nitriles is 1. The molecule has 8 heteroatoms. The smallest absolute Gasteiger partial charge is 0.265 e. The summed E-state index contributed by atoms with van der Waals surface area (Å²) in [6.45, 7) is 1.73. The van der Waals surface area contributed by atoms with E-state index in [-0.39, 0.29) is 23.8 Å². The number of carbonyl (C=O) groups excluding carboxylic acids is 1. The Morgan fingerprint density at radius 1 is 1.17 bits per heavy atom. The zero-order valence-corrected chi connectivity index (χ0v) is 13.6. The summed E-state index contributed by atoms with van der Waals surface area (Å²) in [6, 6.07) is 7.62. The Balaban J connectivity index is 1.98. The third-order valence-corrected chi connectivity index (χ3v) is 5.05. The predicted molar refractivity (Wildman–Crippen MR) is 84.8 cm³/mol. The Hall–Kier alpha value is -1.95. The first-order valence-electron chi connectivity index (χ1n) is 7.55. The Bertz CT molecular complexity index is 674. The zero-order chi connectivity index (χ0) is 16.7. The molecular formula is C15H20N4O3S. The van der Waals surface area contributed by atoms with Crippen molar-refractivity contribution in [2.24, 2.45) is 0 Å². The average molecular weight is 336 g/mol. The normalized spacial score (nSPS) is 15.8. The molecule has 0 aliphatic carbocycles. The standard InChI is InChI=1S/C15H20N4O3S/c16-9-4-10-17-23(21,22)14-7-5-13(6-8-14)15(20)18-19-11-2-1-3-12-19/h5-8,17H,1-4,10-12H2,(H,18,20). The lowest BCUT2D eigenvalue weighted by Gasteiger charge is -2.26. The van der Waals surface area contributed by atoms with Gasteiger partial charge in [-0.2, -0.15) is 5.26 Å². The summed E-state index contributed by atoms with van der Waals surface area (Å²) in [7, 11) is -3.65. The van der Waals surface area contributed by atoms with Crippen molar-refractivity contribution in [2.75, 3.05) is 19.6 Å². The van der Waals surface area contributed by atoms with Gasteiger partial charge in [-0.3, -0.25) is 10.2 Å². The molecule has 1 aromatic rings. The maximum absolute atomic E-state index is 12.1. The largest absolute Gasteiger partial charge is 0.285 e. The summed E-state index contributed by atoms with van der Waals surface area (Å²) in [6.07, 6.45) is 3.41. The molecule has 124 valence electrons. The van der Waals surface area contributed by atoms with Crippen LogP contribution in [-0.4, -0.2) is 39.0 Å². The summed E-state index contributed by atoms with van der Waals surface area (Å²) in [5.74, 6) is -0.242. The van der Waals surface area contributed by atoms with Crippen LogP contribution in [0, 0.1) is 11.3 Å². The second-order valence-electron chi connectivity index (χ2n) is 5.32. The molecule has 1 aliphatic rings. The SMILES string of the molecule is N#CCCNS(=O)(=O)c1ccc(C(=O)NN2CCCCC2)cc1. The summed E-state index contributed by atoms with van der Waals surface area (Å²) >= 11 is 0. The van der Waals surface area contributed by atoms with Crippen LogP contribution >= 0.6 is 0 Å². The Morgan fingerprint density at radius 2 is 1.83 bits per heavy atom. The van der Waals surface area contributed by atoms with Gasteiger partial charge in [0.05, 0.1) is 11.0 Å². The van der Waals surface area contributed by atoms with E-state index in [9.17, 15) is 13.2 Å². The molecule has 1 aliphatic heterocycles. The highest BCUT2D eigenvalue weighted by atomic mass is 32.2. The Labute approximate surface area is 136 Å². The molecule has 2 N–H and O–H groups in total. The van der Waals surface area contributed by atoms with E-state index in [4.69, 9.17) is 5.26 Å². The van der Waals surface area contributed by atoms with Crippen LogP contribution < -0.4 is 10.1 Å². The number of sulfonamides is 1. The van der Waals surface area contributed by atoms with Crippen molar-refractivity contribution in [1.29, 1.82) is 5.26 Å². The number of benzene rings is 1. The molecular weight excluding hydrogens is 316 g/mol. The summed E-state index contributed by atoms with van der Waals surface area (Å²) in [5, 5.41) is 10.3. The van der Waals surface area contributed by atoms with Crippen LogP contribution in [0.2, 0.25) is 0 Å². The minimum atomic E-state index is -3.65. The van der Waals surface area contributed by atoms with Crippen LogP contribution in [0.4, 0.5) is 0 Å². The van der Waals surface area contributed by atoms with Gasteiger partial charge in [0.25, 0.3) is 5.91 Å². The van der Waals surface area contributed by atoms with Crippen LogP contribution in [0.5, 0.6) is 0 Å². The molecule has 23 heavy (non-hydrogen) atoms. The van der Waals surface area contributed by atoms with Gasteiger partial charge in [0.2, 0.25) is 10.0 Å². The van der Waals surface area contributed by atoms with Crippen LogP contribution in [0.25, 0.3) is 0 Å². The highest BCUT2D eigenvalue weighted by Crippen LogP contribution is 2.11. The quantitative estimate of drug-likeness (QED) is 0.755. The van der Waals surface area contributed by atoms with E-state index in [2.05, 4.69) is 10.1 Å². The summed E-state index contributed by atoms with van der Waals surface area (Å²) in [4.78, 5) is 12.2. The van der Waals surface area contributed by atoms with E-state index in [0.29, 0.717) is 5.56 Å². The highest BCUT2D eigenvalue weighted by Gasteiger charge is 2.16. The molecule has 1 fully saturated rings. The van der Waals surface area contributed by atoms with Crippen molar-refractivity contribution in [3.8, 4) is 6.07 Å². The maximum atomic E-state index is 12.1. The minimum absolute atomic E-state index is 0.0655. The fraction of sp³-hybridized carbons (Fsp3) is 0.467. The van der Waals surface area contributed by atoms with Gasteiger partial charge in [-0.1, -0.05) is 6.42 Å². The van der Waals surface area contributed by atoms with Crippen LogP contribution in [-0.2, 0) is 10.0 Å². The molecule has 0 unspecified atom stereocenters. The second-order valence-corrected chi connectivity index (χ2v) is 7.09. The molecule has 7 nitrogen and oxygen atoms in total. The van der Waals surface area contributed by atoms with Crippen molar-refractivity contribution >= 4 is 15.9 Å². The van der Waals surface area contributed by atoms with Gasteiger partial charge in [0.1, 0.15) is 0 Å². The Morgan fingerprint density at radius 3 is 2.43 bits per heavy atom. The number of nitrogens with one attached hydrogen (secondary N) is 2. The van der Waals surface area contributed by atoms with Gasteiger partial charge in [-0.05, 0) is 37.1 Å². The lowest BCUT2D eigenvalue weighted by atomic mass is 10.1. The predicted octanol–water partition coefficient (Wildman–Crippen LogP) is 1.01. The van der Waals surface area contributed by atoms with Gasteiger partial charge in [-0.15, -0.1) is 0 Å². The molecule has 2 rings (SSSR count). The van der Waals surface area contributed by atoms with Gasteiger partial charge in [0.15, 0.2) is 0 Å². The van der Waals surface area contributed by atoms with E-state index < -0.39 is 10.0 Å². The molecule has 1 amide bonds. The van der Waals surface area contributed by atoms with E-state index >= 15 is 0 Å². The third kappa shape index (κ3) is 5.03. The molecule has 0 atom stereocenters. The second kappa shape index (κ2) is 8.06. The van der Waals surface area contributed by atoms with Gasteiger partial charge in [0, 0.05) is 31.6 Å². The molecule has 1 saturated heterocycles. The fourth-order valence-electron chi connectivity index (χ4n) is 2.32. The molecule has 0 radical (unpaired) electrons.